The average molecular weight is 598 g/mol. The van der Waals surface area contributed by atoms with Crippen molar-refractivity contribution in [1.29, 1.82) is 0 Å². The van der Waals surface area contributed by atoms with Crippen LogP contribution in [0.4, 0.5) is 0 Å². The number of rotatable bonds is 5. The number of fused-ring (bicyclic) bond motifs is 5. The van der Waals surface area contributed by atoms with Gasteiger partial charge in [0.05, 0.1) is 22.4 Å². The summed E-state index contributed by atoms with van der Waals surface area (Å²) in [5.41, 5.74) is 5.69. The zero-order valence-electron chi connectivity index (χ0n) is 25.4. The minimum absolute atomic E-state index is 0.952. The molecule has 0 radical (unpaired) electrons. The molecule has 0 unspecified atom stereocenters. The second kappa shape index (κ2) is 8.95. The maximum atomic E-state index is 4.75. The highest BCUT2D eigenvalue weighted by atomic mass is 28.3. The van der Waals surface area contributed by atoms with Gasteiger partial charge in [0, 0.05) is 64.3 Å². The molecule has 0 spiro atoms. The van der Waals surface area contributed by atoms with E-state index in [0.717, 1.165) is 28.6 Å². The van der Waals surface area contributed by atoms with E-state index in [1.54, 1.807) is 0 Å². The number of hydrogen-bond acceptors (Lipinski definition) is 2. The van der Waals surface area contributed by atoms with Crippen LogP contribution in [0.5, 0.6) is 0 Å². The lowest BCUT2D eigenvalue weighted by molar-refractivity contribution is 1.06. The van der Waals surface area contributed by atoms with E-state index in [0.29, 0.717) is 0 Å². The van der Waals surface area contributed by atoms with Crippen molar-refractivity contribution in [2.45, 2.75) is 39.3 Å². The summed E-state index contributed by atoms with van der Waals surface area (Å²) in [5, 5.41) is 5.21. The molecule has 8 rings (SSSR count). The predicted molar refractivity (Wildman–Crippen MR) is 183 cm³/mol. The van der Waals surface area contributed by atoms with E-state index in [9.17, 15) is 0 Å². The molecule has 7 nitrogen and oxygen atoms in total. The van der Waals surface area contributed by atoms with Crippen LogP contribution in [0.15, 0.2) is 104 Å². The van der Waals surface area contributed by atoms with Crippen molar-refractivity contribution in [2.24, 2.45) is 0 Å². The molecule has 9 heteroatoms. The van der Waals surface area contributed by atoms with E-state index in [4.69, 9.17) is 9.97 Å². The average Bonchev–Trinajstić information content (AvgIpc) is 3.77. The fraction of sp³-hybridized carbons (Fsp3) is 0.176. The van der Waals surface area contributed by atoms with Gasteiger partial charge in [0.15, 0.2) is 0 Å². The Bertz CT molecular complexity index is 2330. The molecular weight excluding hydrogens is 563 g/mol. The number of imidazole rings is 4. The lowest BCUT2D eigenvalue weighted by atomic mass is 10.1. The third-order valence-corrected chi connectivity index (χ3v) is 12.3. The van der Waals surface area contributed by atoms with Crippen molar-refractivity contribution in [2.75, 3.05) is 0 Å². The topological polar surface area (TPSA) is 49.4 Å². The second-order valence-corrected chi connectivity index (χ2v) is 23.6. The summed E-state index contributed by atoms with van der Waals surface area (Å²) in [4.78, 5) is 9.49. The summed E-state index contributed by atoms with van der Waals surface area (Å²) in [6, 6.07) is 24.3. The summed E-state index contributed by atoms with van der Waals surface area (Å²) in [7, 11) is -3.18. The second-order valence-electron chi connectivity index (χ2n) is 13.5. The molecule has 0 N–H and O–H groups in total. The highest BCUT2D eigenvalue weighted by Gasteiger charge is 2.25. The van der Waals surface area contributed by atoms with Crippen LogP contribution >= 0.6 is 0 Å². The number of nitrogens with zero attached hydrogens (tertiary/aromatic N) is 7. The van der Waals surface area contributed by atoms with Gasteiger partial charge in [-0.25, -0.2) is 9.97 Å². The molecule has 0 saturated heterocycles. The van der Waals surface area contributed by atoms with Crippen molar-refractivity contribution in [3.05, 3.63) is 104 Å². The van der Waals surface area contributed by atoms with Crippen LogP contribution in [0.3, 0.4) is 0 Å². The van der Waals surface area contributed by atoms with Gasteiger partial charge in [-0.3, -0.25) is 17.9 Å². The fourth-order valence-electron chi connectivity index (χ4n) is 6.47. The summed E-state index contributed by atoms with van der Waals surface area (Å²) in [6.45, 7) is 14.3. The molecule has 5 heterocycles. The molecule has 43 heavy (non-hydrogen) atoms. The first-order valence-corrected chi connectivity index (χ1v) is 21.8. The molecular formula is C34H35N7Si2. The third-order valence-electron chi connectivity index (χ3n) is 8.53. The highest BCUT2D eigenvalue weighted by molar-refractivity contribution is 6.88. The Labute approximate surface area is 252 Å². The monoisotopic (exact) mass is 597 g/mol. The highest BCUT2D eigenvalue weighted by Crippen LogP contribution is 2.34. The molecule has 214 valence electrons. The summed E-state index contributed by atoms with van der Waals surface area (Å²) in [5.74, 6) is 1.91. The largest absolute Gasteiger partial charge is 0.309 e. The molecule has 0 aliphatic rings. The number of benzene rings is 3. The molecule has 8 aromatic rings. The van der Waals surface area contributed by atoms with Crippen molar-refractivity contribution < 1.29 is 0 Å². The zero-order chi connectivity index (χ0) is 29.7. The van der Waals surface area contributed by atoms with E-state index in [-0.39, 0.29) is 0 Å². The Morgan fingerprint density at radius 2 is 1.09 bits per heavy atom. The smallest absolute Gasteiger partial charge is 0.218 e. The van der Waals surface area contributed by atoms with Crippen LogP contribution in [0, 0.1) is 0 Å². The van der Waals surface area contributed by atoms with Crippen molar-refractivity contribution in [3.63, 3.8) is 0 Å². The van der Waals surface area contributed by atoms with E-state index < -0.39 is 16.1 Å². The molecule has 0 saturated carbocycles. The van der Waals surface area contributed by atoms with E-state index >= 15 is 0 Å². The summed E-state index contributed by atoms with van der Waals surface area (Å²) in [6.07, 6.45) is 12.6. The Morgan fingerprint density at radius 3 is 1.72 bits per heavy atom. The number of aromatic nitrogens is 7. The summed E-state index contributed by atoms with van der Waals surface area (Å²) >= 11 is 0. The standard InChI is InChI=1S/C34H35N7Si2/c1-42(2,3)31-22-39(33-35-16-18-37(31)33)24-10-9-11-26(20-24)41-29-13-8-7-12-27(29)28-15-14-25(21-30(28)41)40-23-32(43(4,5)6)38-19-17-36-34(38)40/h7-23H,1-6H3. The Hall–Kier alpha value is -4.61. The van der Waals surface area contributed by atoms with Crippen LogP contribution in [0.1, 0.15) is 0 Å². The van der Waals surface area contributed by atoms with Gasteiger partial charge in [-0.1, -0.05) is 69.6 Å². The van der Waals surface area contributed by atoms with Gasteiger partial charge in [0.1, 0.15) is 16.1 Å². The van der Waals surface area contributed by atoms with Gasteiger partial charge in [0.2, 0.25) is 11.6 Å². The van der Waals surface area contributed by atoms with Crippen LogP contribution < -0.4 is 10.6 Å². The minimum Gasteiger partial charge on any atom is -0.309 e. The predicted octanol–water partition coefficient (Wildman–Crippen LogP) is 6.75. The van der Waals surface area contributed by atoms with Gasteiger partial charge in [-0.05, 0) is 36.4 Å². The van der Waals surface area contributed by atoms with Gasteiger partial charge in [-0.2, -0.15) is 0 Å². The van der Waals surface area contributed by atoms with Crippen LogP contribution in [-0.2, 0) is 0 Å². The normalized spacial score (nSPS) is 12.9. The molecule has 0 fully saturated rings. The lowest BCUT2D eigenvalue weighted by Crippen LogP contribution is -2.40. The first-order chi connectivity index (χ1) is 20.6. The van der Waals surface area contributed by atoms with Gasteiger partial charge < -0.3 is 4.57 Å². The fourth-order valence-corrected chi connectivity index (χ4v) is 9.29. The van der Waals surface area contributed by atoms with Crippen LogP contribution in [0.25, 0.3) is 50.4 Å². The van der Waals surface area contributed by atoms with Crippen molar-refractivity contribution in [1.82, 2.24) is 32.5 Å². The first-order valence-electron chi connectivity index (χ1n) is 14.8. The molecule has 0 amide bonds. The van der Waals surface area contributed by atoms with Crippen molar-refractivity contribution in [3.8, 4) is 17.1 Å². The number of hydrogen-bond donors (Lipinski definition) is 0. The molecule has 0 bridgehead atoms. The van der Waals surface area contributed by atoms with Crippen molar-refractivity contribution >= 4 is 60.1 Å². The van der Waals surface area contributed by atoms with E-state index in [1.165, 1.54) is 32.4 Å². The zero-order valence-corrected chi connectivity index (χ0v) is 27.4. The minimum atomic E-state index is -1.59. The molecule has 5 aromatic heterocycles. The SMILES string of the molecule is C[Si](C)(C)c1cn(-c2cccc(-n3c4ccccc4c4ccc(-n5cc([Si](C)(C)C)n6ccnc56)cc43)c2)c2nccn12. The van der Waals surface area contributed by atoms with Gasteiger partial charge in [-0.15, -0.1) is 0 Å². The number of para-hydroxylation sites is 1. The summed E-state index contributed by atoms with van der Waals surface area (Å²) < 4.78 is 11.4. The van der Waals surface area contributed by atoms with Gasteiger partial charge >= 0.3 is 0 Å². The third kappa shape index (κ3) is 3.91. The van der Waals surface area contributed by atoms with Crippen LogP contribution in [-0.4, -0.2) is 48.6 Å². The quantitative estimate of drug-likeness (QED) is 0.206. The van der Waals surface area contributed by atoms with E-state index in [2.05, 4.69) is 153 Å². The molecule has 0 atom stereocenters. The van der Waals surface area contributed by atoms with E-state index in [1.807, 2.05) is 12.4 Å². The van der Waals surface area contributed by atoms with Crippen LogP contribution in [0.2, 0.25) is 39.3 Å². The Kier molecular flexibility index (Phi) is 5.42. The van der Waals surface area contributed by atoms with Gasteiger partial charge in [0.25, 0.3) is 0 Å². The lowest BCUT2D eigenvalue weighted by Gasteiger charge is -2.14. The molecule has 0 aliphatic heterocycles. The first kappa shape index (κ1) is 26.1. The Balaban J connectivity index is 1.36. The molecule has 0 aliphatic carbocycles. The Morgan fingerprint density at radius 1 is 0.535 bits per heavy atom. The maximum absolute atomic E-state index is 4.75. The molecule has 3 aromatic carbocycles. The maximum Gasteiger partial charge on any atom is 0.218 e.